The van der Waals surface area contributed by atoms with Gasteiger partial charge in [0.25, 0.3) is 0 Å². The van der Waals surface area contributed by atoms with Crippen molar-refractivity contribution in [3.8, 4) is 5.88 Å². The van der Waals surface area contributed by atoms with E-state index < -0.39 is 11.9 Å². The highest BCUT2D eigenvalue weighted by Gasteiger charge is 2.14. The van der Waals surface area contributed by atoms with Crippen molar-refractivity contribution in [2.75, 3.05) is 11.9 Å². The molecule has 0 bridgehead atoms. The number of nitrogens with zero attached hydrogens (tertiary/aromatic N) is 2. The molecule has 0 amide bonds. The van der Waals surface area contributed by atoms with Crippen molar-refractivity contribution in [3.63, 3.8) is 0 Å². The zero-order valence-corrected chi connectivity index (χ0v) is 13.0. The number of halogens is 2. The number of aromatic nitrogens is 2. The topological polar surface area (TPSA) is 67.3 Å². The first kappa shape index (κ1) is 16.5. The van der Waals surface area contributed by atoms with Crippen molar-refractivity contribution in [2.45, 2.75) is 26.0 Å². The van der Waals surface area contributed by atoms with Crippen LogP contribution in [0.5, 0.6) is 5.88 Å². The summed E-state index contributed by atoms with van der Waals surface area (Å²) in [7, 11) is 0. The third kappa shape index (κ3) is 4.29. The summed E-state index contributed by atoms with van der Waals surface area (Å²) in [5, 5.41) is 12.5. The van der Waals surface area contributed by atoms with E-state index >= 15 is 0 Å². The van der Waals surface area contributed by atoms with E-state index in [2.05, 4.69) is 15.3 Å². The minimum absolute atomic E-state index is 0.0245. The van der Waals surface area contributed by atoms with Crippen molar-refractivity contribution >= 4 is 17.4 Å². The molecular formula is C15H17ClFN3O2. The molecule has 118 valence electrons. The minimum Gasteiger partial charge on any atom is -0.474 e. The lowest BCUT2D eigenvalue weighted by molar-refractivity contribution is 0.231. The monoisotopic (exact) mass is 325 g/mol. The average Bonchev–Trinajstić information content (AvgIpc) is 2.47. The lowest BCUT2D eigenvalue weighted by atomic mass is 10.1. The minimum atomic E-state index is -0.539. The first-order valence-corrected chi connectivity index (χ1v) is 7.18. The Bertz CT molecular complexity index is 640. The van der Waals surface area contributed by atoms with E-state index in [1.807, 2.05) is 13.8 Å². The fraction of sp³-hybridized carbons (Fsp3) is 0.333. The van der Waals surface area contributed by atoms with Crippen LogP contribution < -0.4 is 10.1 Å². The lowest BCUT2D eigenvalue weighted by Gasteiger charge is -2.18. The average molecular weight is 326 g/mol. The van der Waals surface area contributed by atoms with Gasteiger partial charge in [-0.1, -0.05) is 17.7 Å². The predicted octanol–water partition coefficient (Wildman–Crippen LogP) is 3.20. The van der Waals surface area contributed by atoms with Gasteiger partial charge in [0.1, 0.15) is 11.6 Å². The molecule has 2 rings (SSSR count). The molecule has 0 fully saturated rings. The molecule has 5 nitrogen and oxygen atoms in total. The quantitative estimate of drug-likeness (QED) is 0.853. The number of ether oxygens (including phenoxy) is 1. The molecule has 0 saturated carbocycles. The first-order chi connectivity index (χ1) is 10.5. The molecule has 0 aliphatic rings. The standard InChI is InChI=1S/C15H17ClFN3O2/c1-9(2)22-15-7-18-6-14(20-15)19-13(8-21)10-3-4-11(16)12(17)5-10/h3-7,9,13,21H,8H2,1-2H3,(H,19,20). The molecule has 1 heterocycles. The maximum Gasteiger partial charge on any atom is 0.234 e. The van der Waals surface area contributed by atoms with E-state index in [0.29, 0.717) is 17.3 Å². The van der Waals surface area contributed by atoms with Crippen LogP contribution in [0.2, 0.25) is 5.02 Å². The van der Waals surface area contributed by atoms with Crippen LogP contribution in [0, 0.1) is 5.82 Å². The summed E-state index contributed by atoms with van der Waals surface area (Å²) >= 11 is 5.66. The first-order valence-electron chi connectivity index (χ1n) is 6.80. The number of benzene rings is 1. The summed E-state index contributed by atoms with van der Waals surface area (Å²) in [6, 6.07) is 3.83. The van der Waals surface area contributed by atoms with E-state index in [9.17, 15) is 9.50 Å². The van der Waals surface area contributed by atoms with E-state index in [1.54, 1.807) is 6.07 Å². The molecule has 2 aromatic rings. The van der Waals surface area contributed by atoms with Crippen LogP contribution in [0.25, 0.3) is 0 Å². The molecule has 0 radical (unpaired) electrons. The normalized spacial score (nSPS) is 12.3. The summed E-state index contributed by atoms with van der Waals surface area (Å²) in [5.74, 6) is 0.258. The van der Waals surface area contributed by atoms with Gasteiger partial charge in [0, 0.05) is 0 Å². The maximum atomic E-state index is 13.5. The molecule has 1 aromatic carbocycles. The van der Waals surface area contributed by atoms with Crippen LogP contribution in [0.4, 0.5) is 10.2 Å². The highest BCUT2D eigenvalue weighted by Crippen LogP contribution is 2.23. The lowest BCUT2D eigenvalue weighted by Crippen LogP contribution is -2.16. The smallest absolute Gasteiger partial charge is 0.234 e. The Labute approximate surface area is 133 Å². The molecule has 1 atom stereocenters. The third-order valence-corrected chi connectivity index (χ3v) is 3.13. The van der Waals surface area contributed by atoms with E-state index in [1.165, 1.54) is 24.5 Å². The van der Waals surface area contributed by atoms with Crippen LogP contribution in [-0.2, 0) is 0 Å². The van der Waals surface area contributed by atoms with Crippen molar-refractivity contribution in [1.82, 2.24) is 9.97 Å². The van der Waals surface area contributed by atoms with Gasteiger partial charge in [-0.3, -0.25) is 4.98 Å². The Morgan fingerprint density at radius 1 is 1.36 bits per heavy atom. The molecule has 22 heavy (non-hydrogen) atoms. The fourth-order valence-corrected chi connectivity index (χ4v) is 1.98. The van der Waals surface area contributed by atoms with Crippen molar-refractivity contribution in [3.05, 3.63) is 47.0 Å². The van der Waals surface area contributed by atoms with Gasteiger partial charge in [0.2, 0.25) is 5.88 Å². The van der Waals surface area contributed by atoms with Crippen molar-refractivity contribution in [1.29, 1.82) is 0 Å². The number of aliphatic hydroxyl groups is 1. The summed E-state index contributed by atoms with van der Waals surface area (Å²) in [5.41, 5.74) is 0.557. The zero-order valence-electron chi connectivity index (χ0n) is 12.3. The Hall–Kier alpha value is -1.92. The van der Waals surface area contributed by atoms with Gasteiger partial charge in [0.15, 0.2) is 0 Å². The molecule has 2 N–H and O–H groups in total. The Morgan fingerprint density at radius 2 is 2.14 bits per heavy atom. The van der Waals surface area contributed by atoms with Gasteiger partial charge >= 0.3 is 0 Å². The highest BCUT2D eigenvalue weighted by atomic mass is 35.5. The number of hydrogen-bond acceptors (Lipinski definition) is 5. The second-order valence-electron chi connectivity index (χ2n) is 4.96. The maximum absolute atomic E-state index is 13.5. The molecule has 0 aliphatic heterocycles. The van der Waals surface area contributed by atoms with Gasteiger partial charge in [-0.2, -0.15) is 4.98 Å². The van der Waals surface area contributed by atoms with E-state index in [0.717, 1.165) is 0 Å². The van der Waals surface area contributed by atoms with Gasteiger partial charge in [-0.05, 0) is 31.5 Å². The number of nitrogens with one attached hydrogen (secondary N) is 1. The highest BCUT2D eigenvalue weighted by molar-refractivity contribution is 6.30. The summed E-state index contributed by atoms with van der Waals surface area (Å²) < 4.78 is 19.0. The largest absolute Gasteiger partial charge is 0.474 e. The number of anilines is 1. The van der Waals surface area contributed by atoms with Gasteiger partial charge in [0.05, 0.1) is 36.2 Å². The second-order valence-corrected chi connectivity index (χ2v) is 5.37. The molecule has 0 aliphatic carbocycles. The fourth-order valence-electron chi connectivity index (χ4n) is 1.86. The number of aliphatic hydroxyl groups excluding tert-OH is 1. The summed E-state index contributed by atoms with van der Waals surface area (Å²) in [6.45, 7) is 3.53. The molecular weight excluding hydrogens is 309 g/mol. The number of hydrogen-bond donors (Lipinski definition) is 2. The van der Waals surface area contributed by atoms with Crippen LogP contribution in [0.15, 0.2) is 30.6 Å². The van der Waals surface area contributed by atoms with E-state index in [4.69, 9.17) is 16.3 Å². The van der Waals surface area contributed by atoms with Crippen molar-refractivity contribution in [2.24, 2.45) is 0 Å². The van der Waals surface area contributed by atoms with Gasteiger partial charge < -0.3 is 15.2 Å². The Kier molecular flexibility index (Phi) is 5.51. The number of rotatable bonds is 6. The van der Waals surface area contributed by atoms with Crippen LogP contribution >= 0.6 is 11.6 Å². The molecule has 7 heteroatoms. The SMILES string of the molecule is CC(C)Oc1cncc(NC(CO)c2ccc(Cl)c(F)c2)n1. The molecule has 1 unspecified atom stereocenters. The van der Waals surface area contributed by atoms with Gasteiger partial charge in [-0.25, -0.2) is 4.39 Å². The Morgan fingerprint density at radius 3 is 2.77 bits per heavy atom. The molecule has 1 aromatic heterocycles. The van der Waals surface area contributed by atoms with Crippen molar-refractivity contribution < 1.29 is 14.2 Å². The Balaban J connectivity index is 2.17. The molecule has 0 spiro atoms. The van der Waals surface area contributed by atoms with Gasteiger partial charge in [-0.15, -0.1) is 0 Å². The van der Waals surface area contributed by atoms with Crippen LogP contribution in [0.1, 0.15) is 25.5 Å². The van der Waals surface area contributed by atoms with Crippen LogP contribution in [-0.4, -0.2) is 27.8 Å². The zero-order chi connectivity index (χ0) is 16.1. The summed E-state index contributed by atoms with van der Waals surface area (Å²) in [6.07, 6.45) is 2.98. The molecule has 0 saturated heterocycles. The van der Waals surface area contributed by atoms with E-state index in [-0.39, 0.29) is 17.7 Å². The predicted molar refractivity (Wildman–Crippen MR) is 82.7 cm³/mol. The summed E-state index contributed by atoms with van der Waals surface area (Å²) in [4.78, 5) is 8.26. The third-order valence-electron chi connectivity index (χ3n) is 2.82. The second kappa shape index (κ2) is 7.38. The van der Waals surface area contributed by atoms with Crippen LogP contribution in [0.3, 0.4) is 0 Å².